The van der Waals surface area contributed by atoms with Crippen molar-refractivity contribution in [3.63, 3.8) is 0 Å². The molecule has 1 aromatic heterocycles. The van der Waals surface area contributed by atoms with E-state index in [1.165, 1.54) is 53.1 Å². The van der Waals surface area contributed by atoms with Crippen LogP contribution in [0, 0.1) is 16.0 Å². The van der Waals surface area contributed by atoms with E-state index in [9.17, 15) is 34.4 Å². The highest BCUT2D eigenvalue weighted by molar-refractivity contribution is 8.00. The quantitative estimate of drug-likeness (QED) is 0.137. The summed E-state index contributed by atoms with van der Waals surface area (Å²) in [7, 11) is 0. The molecule has 0 aliphatic carbocycles. The van der Waals surface area contributed by atoms with Crippen LogP contribution in [0.3, 0.4) is 0 Å². The predicted molar refractivity (Wildman–Crippen MR) is 157 cm³/mol. The molecule has 0 unspecified atom stereocenters. The van der Waals surface area contributed by atoms with Crippen LogP contribution in [0.2, 0.25) is 5.02 Å². The van der Waals surface area contributed by atoms with E-state index >= 15 is 0 Å². The third-order valence-electron chi connectivity index (χ3n) is 7.05. The molecule has 2 aliphatic rings. The molecule has 3 heterocycles. The average Bonchev–Trinajstić information content (AvgIpc) is 3.41. The van der Waals surface area contributed by atoms with Crippen LogP contribution in [0.15, 0.2) is 82.6 Å². The number of imide groups is 1. The maximum atomic E-state index is 13.9. The molecule has 1 saturated heterocycles. The van der Waals surface area contributed by atoms with E-state index in [0.717, 1.165) is 28.0 Å². The Morgan fingerprint density at radius 1 is 0.976 bits per heavy atom. The van der Waals surface area contributed by atoms with E-state index in [1.807, 2.05) is 0 Å². The lowest BCUT2D eigenvalue weighted by atomic mass is 9.83. The minimum Gasteiger partial charge on any atom is -0.508 e. The number of hydrogen-bond donors (Lipinski definition) is 2. The number of rotatable bonds is 6. The lowest BCUT2D eigenvalue weighted by molar-refractivity contribution is -0.384. The summed E-state index contributed by atoms with van der Waals surface area (Å²) >= 11 is 8.09. The number of aromatic nitrogens is 1. The Hall–Kier alpha value is -4.46. The Bertz CT molecular complexity index is 1800. The molecular weight excluding hydrogens is 604 g/mol. The van der Waals surface area contributed by atoms with Crippen LogP contribution in [0.4, 0.5) is 17.1 Å². The van der Waals surface area contributed by atoms with Gasteiger partial charge in [0.15, 0.2) is 0 Å². The number of nitrogens with zero attached hydrogens (tertiary/aromatic N) is 3. The Kier molecular flexibility index (Phi) is 7.09. The Morgan fingerprint density at radius 3 is 2.29 bits per heavy atom. The van der Waals surface area contributed by atoms with Crippen molar-refractivity contribution in [3.8, 4) is 5.75 Å². The molecule has 3 aromatic carbocycles. The number of aromatic hydroxyl groups is 1. The number of nitrogens with one attached hydrogen (secondary N) is 1. The monoisotopic (exact) mass is 622 g/mol. The molecule has 4 aromatic rings. The zero-order valence-corrected chi connectivity index (χ0v) is 23.7. The van der Waals surface area contributed by atoms with Gasteiger partial charge >= 0.3 is 4.87 Å². The number of thioether (sulfide) groups is 1. The topological polar surface area (TPSA) is 152 Å². The van der Waals surface area contributed by atoms with E-state index in [0.29, 0.717) is 26.2 Å². The SMILES string of the molecule is O=C(Cn1c2c(sc1=O)[C@@H](c1ccc(Cl)cc1)[C@@H]1C(=O)N(c3ccc([N+](=O)[O-])cc3)C(=O)[C@@H]1S2)Nc1ccc(O)cc1. The van der Waals surface area contributed by atoms with Crippen molar-refractivity contribution < 1.29 is 24.4 Å². The summed E-state index contributed by atoms with van der Waals surface area (Å²) in [5.74, 6) is -3.02. The first-order valence-corrected chi connectivity index (χ1v) is 14.6. The summed E-state index contributed by atoms with van der Waals surface area (Å²) in [6.07, 6.45) is 0. The lowest BCUT2D eigenvalue weighted by Crippen LogP contribution is -2.33. The highest BCUT2D eigenvalue weighted by Crippen LogP contribution is 2.54. The summed E-state index contributed by atoms with van der Waals surface area (Å²) in [5, 5.41) is 23.3. The molecule has 42 heavy (non-hydrogen) atoms. The standard InChI is InChI=1S/C28H19ClN4O7S2/c29-15-3-1-14(2-4-15)21-22-23(26(37)32(25(22)36)17-7-9-18(10-8-17)33(39)40)41-27-24(21)42-28(38)31(27)13-20(35)30-16-5-11-19(34)12-6-16/h1-12,21-23,34H,13H2,(H,30,35)/t21-,22-,23+/m0/s1. The second kappa shape index (κ2) is 10.7. The number of non-ortho nitro benzene ring substituents is 1. The molecule has 0 saturated carbocycles. The first-order valence-electron chi connectivity index (χ1n) is 12.5. The van der Waals surface area contributed by atoms with E-state index in [2.05, 4.69) is 5.32 Å². The molecule has 2 aliphatic heterocycles. The molecule has 0 radical (unpaired) electrons. The van der Waals surface area contributed by atoms with Gasteiger partial charge in [0.05, 0.1) is 21.6 Å². The van der Waals surface area contributed by atoms with Crippen LogP contribution in [-0.4, -0.2) is 37.6 Å². The van der Waals surface area contributed by atoms with Crippen LogP contribution in [0.5, 0.6) is 5.75 Å². The van der Waals surface area contributed by atoms with Crippen LogP contribution in [0.1, 0.15) is 16.4 Å². The predicted octanol–water partition coefficient (Wildman–Crippen LogP) is 4.61. The summed E-state index contributed by atoms with van der Waals surface area (Å²) in [6.45, 7) is -0.336. The minimum atomic E-state index is -0.915. The van der Waals surface area contributed by atoms with Gasteiger partial charge in [-0.2, -0.15) is 0 Å². The number of amides is 3. The lowest BCUT2D eigenvalue weighted by Gasteiger charge is -2.30. The Balaban J connectivity index is 1.39. The molecular formula is C28H19ClN4O7S2. The fourth-order valence-corrected chi connectivity index (χ4v) is 8.05. The summed E-state index contributed by atoms with van der Waals surface area (Å²) in [6, 6.07) is 17.8. The number of benzene rings is 3. The van der Waals surface area contributed by atoms with Gasteiger partial charge in [-0.05, 0) is 54.1 Å². The van der Waals surface area contributed by atoms with Crippen molar-refractivity contribution in [1.29, 1.82) is 0 Å². The maximum absolute atomic E-state index is 13.9. The fraction of sp³-hybridized carbons (Fsp3) is 0.143. The van der Waals surface area contributed by atoms with Gasteiger partial charge in [0.2, 0.25) is 17.7 Å². The van der Waals surface area contributed by atoms with Crippen molar-refractivity contribution >= 4 is 69.5 Å². The van der Waals surface area contributed by atoms with E-state index in [1.54, 1.807) is 24.3 Å². The third kappa shape index (κ3) is 4.85. The number of phenols is 1. The molecule has 212 valence electrons. The highest BCUT2D eigenvalue weighted by Gasteiger charge is 2.56. The zero-order valence-electron chi connectivity index (χ0n) is 21.3. The number of carbonyl (C=O) groups excluding carboxylic acids is 3. The van der Waals surface area contributed by atoms with Crippen LogP contribution >= 0.6 is 34.7 Å². The zero-order chi connectivity index (χ0) is 29.7. The van der Waals surface area contributed by atoms with Crippen molar-refractivity contribution in [2.24, 2.45) is 5.92 Å². The Labute approximate surface area is 250 Å². The van der Waals surface area contributed by atoms with E-state index in [-0.39, 0.29) is 23.7 Å². The van der Waals surface area contributed by atoms with Crippen molar-refractivity contribution in [3.05, 3.63) is 108 Å². The molecule has 11 nitrogen and oxygen atoms in total. The molecule has 14 heteroatoms. The number of halogens is 1. The van der Waals surface area contributed by atoms with E-state index in [4.69, 9.17) is 11.6 Å². The minimum absolute atomic E-state index is 0.0360. The first kappa shape index (κ1) is 27.7. The number of nitro benzene ring substituents is 1. The van der Waals surface area contributed by atoms with Gasteiger partial charge in [0.25, 0.3) is 5.69 Å². The molecule has 1 fully saturated rings. The molecule has 6 rings (SSSR count). The number of carbonyl (C=O) groups is 3. The number of nitro groups is 1. The third-order valence-corrected chi connectivity index (χ3v) is 9.91. The number of anilines is 2. The van der Waals surface area contributed by atoms with Gasteiger partial charge in [-0.15, -0.1) is 0 Å². The normalized spacial score (nSPS) is 19.4. The van der Waals surface area contributed by atoms with Gasteiger partial charge in [0.1, 0.15) is 17.5 Å². The molecule has 3 atom stereocenters. The average molecular weight is 623 g/mol. The number of thiazole rings is 1. The number of fused-ring (bicyclic) bond motifs is 2. The van der Waals surface area contributed by atoms with Crippen molar-refractivity contribution in [2.75, 3.05) is 10.2 Å². The number of phenolic OH excluding ortho intramolecular Hbond substituents is 1. The maximum Gasteiger partial charge on any atom is 0.308 e. The summed E-state index contributed by atoms with van der Waals surface area (Å²) < 4.78 is 1.30. The molecule has 2 N–H and O–H groups in total. The first-order chi connectivity index (χ1) is 20.1. The van der Waals surface area contributed by atoms with Crippen molar-refractivity contribution in [2.45, 2.75) is 22.7 Å². The van der Waals surface area contributed by atoms with Crippen LogP contribution in [0.25, 0.3) is 0 Å². The number of hydrogen-bond acceptors (Lipinski definition) is 9. The summed E-state index contributed by atoms with van der Waals surface area (Å²) in [5.41, 5.74) is 1.12. The smallest absolute Gasteiger partial charge is 0.308 e. The second-order valence-corrected chi connectivity index (χ2v) is 12.2. The summed E-state index contributed by atoms with van der Waals surface area (Å²) in [4.78, 5) is 65.5. The molecule has 0 bridgehead atoms. The highest BCUT2D eigenvalue weighted by atomic mass is 35.5. The fourth-order valence-electron chi connectivity index (χ4n) is 5.15. The van der Waals surface area contributed by atoms with Gasteiger partial charge < -0.3 is 10.4 Å². The molecule has 0 spiro atoms. The van der Waals surface area contributed by atoms with Crippen molar-refractivity contribution in [1.82, 2.24) is 4.57 Å². The van der Waals surface area contributed by atoms with Gasteiger partial charge in [-0.3, -0.25) is 33.9 Å². The largest absolute Gasteiger partial charge is 0.508 e. The molecule has 3 amide bonds. The van der Waals surface area contributed by atoms with Crippen LogP contribution in [-0.2, 0) is 20.9 Å². The second-order valence-electron chi connectivity index (χ2n) is 9.60. The van der Waals surface area contributed by atoms with Gasteiger partial charge in [-0.1, -0.05) is 46.8 Å². The van der Waals surface area contributed by atoms with E-state index < -0.39 is 44.6 Å². The van der Waals surface area contributed by atoms with Crippen LogP contribution < -0.4 is 15.1 Å². The van der Waals surface area contributed by atoms with Gasteiger partial charge in [-0.25, -0.2) is 4.90 Å². The Morgan fingerprint density at radius 2 is 1.64 bits per heavy atom. The van der Waals surface area contributed by atoms with Gasteiger partial charge in [0, 0.05) is 33.6 Å².